The van der Waals surface area contributed by atoms with Gasteiger partial charge >= 0.3 is 0 Å². The van der Waals surface area contributed by atoms with Crippen LogP contribution >= 0.6 is 0 Å². The van der Waals surface area contributed by atoms with Crippen LogP contribution < -0.4 is 5.32 Å². The van der Waals surface area contributed by atoms with Gasteiger partial charge in [-0.15, -0.1) is 0 Å². The third-order valence-electron chi connectivity index (χ3n) is 9.38. The Morgan fingerprint density at radius 2 is 1.41 bits per heavy atom. The second kappa shape index (κ2) is 13.8. The minimum atomic E-state index is -0.164. The quantitative estimate of drug-likeness (QED) is 0.347. The molecular formula is C29H58N6O2. The summed E-state index contributed by atoms with van der Waals surface area (Å²) < 4.78 is 13.1. The lowest BCUT2D eigenvalue weighted by Gasteiger charge is -2.71. The van der Waals surface area contributed by atoms with Crippen LogP contribution in [-0.4, -0.2) is 115 Å². The summed E-state index contributed by atoms with van der Waals surface area (Å²) in [5.74, 6) is 0.535. The van der Waals surface area contributed by atoms with Crippen LogP contribution in [0.1, 0.15) is 92.4 Å². The van der Waals surface area contributed by atoms with Crippen LogP contribution in [0.3, 0.4) is 0 Å². The normalized spacial score (nSPS) is 33.5. The largest absolute Gasteiger partial charge is 0.377 e. The van der Waals surface area contributed by atoms with Gasteiger partial charge < -0.3 is 9.47 Å². The summed E-state index contributed by atoms with van der Waals surface area (Å²) in [6.07, 6.45) is 11.1. The van der Waals surface area contributed by atoms with Crippen LogP contribution in [-0.2, 0) is 9.47 Å². The molecule has 4 atom stereocenters. The van der Waals surface area contributed by atoms with Crippen LogP contribution in [0.25, 0.3) is 0 Å². The Bertz CT molecular complexity index is 669. The van der Waals surface area contributed by atoms with E-state index in [0.29, 0.717) is 5.92 Å². The number of nitrogens with one attached hydrogen (secondary N) is 1. The molecule has 4 unspecified atom stereocenters. The average Bonchev–Trinajstić information content (AvgIpc) is 2.92. The summed E-state index contributed by atoms with van der Waals surface area (Å²) in [7, 11) is 0. The monoisotopic (exact) mass is 522 g/mol. The van der Waals surface area contributed by atoms with Crippen molar-refractivity contribution < 1.29 is 9.47 Å². The Labute approximate surface area is 227 Å². The smallest absolute Gasteiger partial charge is 0.145 e. The number of hydrazine groups is 2. The van der Waals surface area contributed by atoms with Gasteiger partial charge in [0.25, 0.3) is 0 Å². The highest BCUT2D eigenvalue weighted by atomic mass is 16.5. The number of rotatable bonds is 15. The van der Waals surface area contributed by atoms with Crippen LogP contribution in [0.5, 0.6) is 0 Å². The van der Waals surface area contributed by atoms with Gasteiger partial charge in [0.15, 0.2) is 0 Å². The van der Waals surface area contributed by atoms with E-state index in [1.165, 1.54) is 51.4 Å². The Balaban J connectivity index is 1.61. The van der Waals surface area contributed by atoms with Gasteiger partial charge in [-0.3, -0.25) is 10.2 Å². The molecule has 2 spiro atoms. The predicted molar refractivity (Wildman–Crippen MR) is 151 cm³/mol. The van der Waals surface area contributed by atoms with E-state index in [1.807, 2.05) is 0 Å². The lowest BCUT2D eigenvalue weighted by atomic mass is 9.79. The lowest BCUT2D eigenvalue weighted by Crippen LogP contribution is -2.89. The maximum atomic E-state index is 6.85. The number of hydrogen-bond donors (Lipinski definition) is 1. The molecule has 216 valence electrons. The molecule has 8 heteroatoms. The van der Waals surface area contributed by atoms with Gasteiger partial charge in [-0.25, -0.2) is 20.0 Å². The predicted octanol–water partition coefficient (Wildman–Crippen LogP) is 3.95. The fourth-order valence-corrected chi connectivity index (χ4v) is 7.05. The van der Waals surface area contributed by atoms with Crippen LogP contribution in [0.2, 0.25) is 0 Å². The fourth-order valence-electron chi connectivity index (χ4n) is 7.05. The maximum absolute atomic E-state index is 6.85. The molecule has 0 bridgehead atoms. The zero-order chi connectivity index (χ0) is 26.3. The zero-order valence-corrected chi connectivity index (χ0v) is 24.8. The van der Waals surface area contributed by atoms with Crippen molar-refractivity contribution in [3.63, 3.8) is 0 Å². The van der Waals surface area contributed by atoms with E-state index in [9.17, 15) is 0 Å². The first-order chi connectivity index (χ1) is 18.1. The highest BCUT2D eigenvalue weighted by Gasteiger charge is 2.66. The van der Waals surface area contributed by atoms with Crippen molar-refractivity contribution in [2.24, 2.45) is 5.92 Å². The van der Waals surface area contributed by atoms with E-state index in [0.717, 1.165) is 78.6 Å². The third kappa shape index (κ3) is 5.78. The number of morpholine rings is 2. The van der Waals surface area contributed by atoms with Gasteiger partial charge in [-0.05, 0) is 32.1 Å². The molecule has 8 nitrogen and oxygen atoms in total. The molecule has 4 saturated heterocycles. The minimum Gasteiger partial charge on any atom is -0.377 e. The summed E-state index contributed by atoms with van der Waals surface area (Å²) >= 11 is 0. The molecule has 0 radical (unpaired) electrons. The molecule has 4 fully saturated rings. The van der Waals surface area contributed by atoms with Gasteiger partial charge in [0.2, 0.25) is 0 Å². The first-order valence-electron chi connectivity index (χ1n) is 15.8. The van der Waals surface area contributed by atoms with Crippen molar-refractivity contribution in [2.75, 3.05) is 72.2 Å². The summed E-state index contributed by atoms with van der Waals surface area (Å²) in [4.78, 5) is 2.73. The van der Waals surface area contributed by atoms with Gasteiger partial charge in [0, 0.05) is 58.3 Å². The SMILES string of the molecule is CCCCN(CCCC)N1CC(C)C12NCCOC2N1CCOCC12CCN2N(CCCC)CCCC. The van der Waals surface area contributed by atoms with Crippen molar-refractivity contribution in [3.05, 3.63) is 0 Å². The van der Waals surface area contributed by atoms with Crippen molar-refractivity contribution >= 4 is 0 Å². The van der Waals surface area contributed by atoms with Crippen molar-refractivity contribution in [2.45, 2.75) is 110 Å². The highest BCUT2D eigenvalue weighted by Crippen LogP contribution is 2.47. The summed E-state index contributed by atoms with van der Waals surface area (Å²) in [5.41, 5.74) is -0.252. The molecule has 4 aliphatic heterocycles. The van der Waals surface area contributed by atoms with Crippen molar-refractivity contribution in [1.82, 2.24) is 30.3 Å². The zero-order valence-electron chi connectivity index (χ0n) is 24.8. The Kier molecular flexibility index (Phi) is 11.1. The summed E-state index contributed by atoms with van der Waals surface area (Å²) in [6.45, 7) is 22.7. The number of ether oxygens (including phenoxy) is 2. The second-order valence-corrected chi connectivity index (χ2v) is 11.9. The van der Waals surface area contributed by atoms with Crippen LogP contribution in [0.15, 0.2) is 0 Å². The maximum Gasteiger partial charge on any atom is 0.145 e. The second-order valence-electron chi connectivity index (χ2n) is 11.9. The molecule has 0 saturated carbocycles. The van der Waals surface area contributed by atoms with Gasteiger partial charge in [0.1, 0.15) is 17.6 Å². The first-order valence-corrected chi connectivity index (χ1v) is 15.8. The molecule has 0 amide bonds. The molecule has 0 aromatic rings. The molecule has 4 rings (SSSR count). The van der Waals surface area contributed by atoms with Crippen LogP contribution in [0.4, 0.5) is 0 Å². The molecule has 4 aliphatic rings. The van der Waals surface area contributed by atoms with E-state index in [4.69, 9.17) is 9.47 Å². The number of hydrogen-bond acceptors (Lipinski definition) is 8. The van der Waals surface area contributed by atoms with E-state index in [2.05, 4.69) is 64.9 Å². The van der Waals surface area contributed by atoms with E-state index in [1.54, 1.807) is 0 Å². The molecule has 0 aromatic heterocycles. The van der Waals surface area contributed by atoms with E-state index >= 15 is 0 Å². The summed E-state index contributed by atoms with van der Waals surface area (Å²) in [5, 5.41) is 14.8. The fraction of sp³-hybridized carbons (Fsp3) is 1.00. The Morgan fingerprint density at radius 3 is 1.92 bits per heavy atom. The van der Waals surface area contributed by atoms with E-state index in [-0.39, 0.29) is 17.6 Å². The van der Waals surface area contributed by atoms with Gasteiger partial charge in [-0.2, -0.15) is 0 Å². The highest BCUT2D eigenvalue weighted by molar-refractivity contribution is 5.12. The molecular weight excluding hydrogens is 464 g/mol. The average molecular weight is 523 g/mol. The molecule has 0 aromatic carbocycles. The number of nitrogens with zero attached hydrogens (tertiary/aromatic N) is 5. The molecule has 4 heterocycles. The standard InChI is InChI=1S/C29H58N6O2/c1-6-10-16-31(17-11-7-2)34-20-14-28(34)25-36-23-21-33(28)27-29(30-15-22-37-27)26(5)24-35(29)32(18-12-8-3)19-13-9-4/h26-27,30H,6-25H2,1-5H3. The van der Waals surface area contributed by atoms with Gasteiger partial charge in [-0.1, -0.05) is 60.3 Å². The summed E-state index contributed by atoms with van der Waals surface area (Å²) in [6, 6.07) is 0. The van der Waals surface area contributed by atoms with Gasteiger partial charge in [0.05, 0.1) is 19.8 Å². The third-order valence-corrected chi connectivity index (χ3v) is 9.38. The topological polar surface area (TPSA) is 46.7 Å². The number of unbranched alkanes of at least 4 members (excludes halogenated alkanes) is 4. The molecule has 0 aliphatic carbocycles. The van der Waals surface area contributed by atoms with Crippen molar-refractivity contribution in [1.29, 1.82) is 0 Å². The molecule has 1 N–H and O–H groups in total. The Morgan fingerprint density at radius 1 is 0.811 bits per heavy atom. The lowest BCUT2D eigenvalue weighted by molar-refractivity contribution is -0.367. The Hall–Kier alpha value is -0.320. The first kappa shape index (κ1) is 29.7. The van der Waals surface area contributed by atoms with Crippen LogP contribution in [0, 0.1) is 5.92 Å². The minimum absolute atomic E-state index is 0.0293. The molecule has 37 heavy (non-hydrogen) atoms. The van der Waals surface area contributed by atoms with E-state index < -0.39 is 0 Å². The van der Waals surface area contributed by atoms with Crippen molar-refractivity contribution in [3.8, 4) is 0 Å².